The summed E-state index contributed by atoms with van der Waals surface area (Å²) >= 11 is 0. The number of nitrogens with one attached hydrogen (secondary N) is 2. The topological polar surface area (TPSA) is 162 Å². The summed E-state index contributed by atoms with van der Waals surface area (Å²) in [5, 5.41) is 14.2. The van der Waals surface area contributed by atoms with Crippen LogP contribution < -0.4 is 20.4 Å². The van der Waals surface area contributed by atoms with E-state index in [0.717, 1.165) is 87.4 Å². The standard InChI is InChI=1S/C43H46F3N9O5/c44-43(45,46)35-22-32(3-2-30(35)23-47)54-15-11-29(12-16-54)39(57)49-37-7-1-28(24-48-37)26-52-19-17-51(18-20-52)25-27-9-13-53(14-10-27)31-4-5-33-34(21-31)42(60)55(41(33)59)36-6-8-38(56)50-40(36)58/h1-5,7,21-22,24,27,29,36H,6,8-20,25-26H2,(H,48,49,57)(H,50,56,58). The number of aromatic nitrogens is 1. The van der Waals surface area contributed by atoms with E-state index in [-0.39, 0.29) is 30.2 Å². The molecule has 60 heavy (non-hydrogen) atoms. The van der Waals surface area contributed by atoms with Crippen LogP contribution in [0.1, 0.15) is 75.9 Å². The lowest BCUT2D eigenvalue weighted by Gasteiger charge is -2.39. The molecule has 17 heteroatoms. The minimum absolute atomic E-state index is 0.0809. The molecule has 5 amide bonds. The van der Waals surface area contributed by atoms with E-state index in [4.69, 9.17) is 5.26 Å². The van der Waals surface area contributed by atoms with E-state index in [9.17, 15) is 37.1 Å². The molecule has 6 heterocycles. The Labute approximate surface area is 345 Å². The molecule has 5 aliphatic heterocycles. The van der Waals surface area contributed by atoms with Gasteiger partial charge >= 0.3 is 6.18 Å². The van der Waals surface area contributed by atoms with E-state index in [1.54, 1.807) is 30.5 Å². The molecular weight excluding hydrogens is 780 g/mol. The van der Waals surface area contributed by atoms with E-state index in [0.29, 0.717) is 48.9 Å². The Kier molecular flexibility index (Phi) is 11.6. The van der Waals surface area contributed by atoms with Crippen molar-refractivity contribution < 1.29 is 37.1 Å². The number of imide groups is 2. The van der Waals surface area contributed by atoms with E-state index in [2.05, 4.69) is 30.3 Å². The molecule has 0 bridgehead atoms. The number of hydrogen-bond acceptors (Lipinski definition) is 11. The zero-order valence-corrected chi connectivity index (χ0v) is 33.0. The van der Waals surface area contributed by atoms with Crippen molar-refractivity contribution in [2.24, 2.45) is 11.8 Å². The normalized spacial score (nSPS) is 21.2. The number of piperazine rings is 1. The summed E-state index contributed by atoms with van der Waals surface area (Å²) in [5.41, 5.74) is 1.52. The van der Waals surface area contributed by atoms with E-state index in [1.807, 2.05) is 17.0 Å². The molecule has 5 aliphatic rings. The molecule has 8 rings (SSSR count). The van der Waals surface area contributed by atoms with Gasteiger partial charge in [-0.1, -0.05) is 6.07 Å². The van der Waals surface area contributed by atoms with Gasteiger partial charge in [0.1, 0.15) is 11.9 Å². The third kappa shape index (κ3) is 8.71. The van der Waals surface area contributed by atoms with Gasteiger partial charge in [0.05, 0.1) is 28.3 Å². The Hall–Kier alpha value is -5.86. The van der Waals surface area contributed by atoms with Crippen molar-refractivity contribution in [2.45, 2.75) is 57.3 Å². The van der Waals surface area contributed by atoms with Gasteiger partial charge in [-0.3, -0.25) is 39.1 Å². The van der Waals surface area contributed by atoms with Crippen LogP contribution in [0.2, 0.25) is 0 Å². The number of carbonyl (C=O) groups excluding carboxylic acids is 5. The lowest BCUT2D eigenvalue weighted by molar-refractivity contribution is -0.138. The number of nitrogens with zero attached hydrogens (tertiary/aromatic N) is 7. The minimum atomic E-state index is -4.63. The van der Waals surface area contributed by atoms with Gasteiger partial charge < -0.3 is 20.0 Å². The number of pyridine rings is 1. The number of amides is 5. The molecule has 1 unspecified atom stereocenters. The predicted molar refractivity (Wildman–Crippen MR) is 214 cm³/mol. The number of halogens is 3. The number of carbonyl (C=O) groups is 5. The van der Waals surface area contributed by atoms with Crippen molar-refractivity contribution in [1.82, 2.24) is 25.0 Å². The molecule has 2 N–H and O–H groups in total. The second-order valence-corrected chi connectivity index (χ2v) is 16.3. The Morgan fingerprint density at radius 1 is 0.800 bits per heavy atom. The highest BCUT2D eigenvalue weighted by Gasteiger charge is 2.45. The Bertz CT molecular complexity index is 2200. The van der Waals surface area contributed by atoms with Crippen LogP contribution in [0.15, 0.2) is 54.7 Å². The largest absolute Gasteiger partial charge is 0.417 e. The van der Waals surface area contributed by atoms with Crippen LogP contribution in [0.4, 0.5) is 30.4 Å². The smallest absolute Gasteiger partial charge is 0.371 e. The number of nitriles is 1. The van der Waals surface area contributed by atoms with E-state index < -0.39 is 47.0 Å². The van der Waals surface area contributed by atoms with E-state index in [1.165, 1.54) is 12.1 Å². The Morgan fingerprint density at radius 2 is 1.45 bits per heavy atom. The maximum Gasteiger partial charge on any atom is 0.417 e. The molecule has 3 aromatic rings. The van der Waals surface area contributed by atoms with Crippen molar-refractivity contribution in [3.63, 3.8) is 0 Å². The number of piperidine rings is 3. The maximum absolute atomic E-state index is 13.5. The molecular formula is C43H46F3N9O5. The second kappa shape index (κ2) is 17.0. The summed E-state index contributed by atoms with van der Waals surface area (Å²) in [4.78, 5) is 78.0. The molecule has 2 aromatic carbocycles. The van der Waals surface area contributed by atoms with Crippen molar-refractivity contribution in [3.8, 4) is 6.07 Å². The molecule has 0 aliphatic carbocycles. The van der Waals surface area contributed by atoms with Gasteiger partial charge in [0.25, 0.3) is 11.8 Å². The fraction of sp³-hybridized carbons (Fsp3) is 0.465. The Morgan fingerprint density at radius 3 is 2.10 bits per heavy atom. The first kappa shape index (κ1) is 40.9. The summed E-state index contributed by atoms with van der Waals surface area (Å²) in [6, 6.07) is 13.4. The number of alkyl halides is 3. The second-order valence-electron chi connectivity index (χ2n) is 16.3. The molecule has 14 nitrogen and oxygen atoms in total. The van der Waals surface area contributed by atoms with Gasteiger partial charge in [-0.2, -0.15) is 18.4 Å². The third-order valence-electron chi connectivity index (χ3n) is 12.5. The van der Waals surface area contributed by atoms with Crippen molar-refractivity contribution in [2.75, 3.05) is 74.0 Å². The molecule has 0 saturated carbocycles. The summed E-state index contributed by atoms with van der Waals surface area (Å²) in [6.07, 6.45) is 0.334. The number of rotatable bonds is 9. The van der Waals surface area contributed by atoms with Gasteiger partial charge in [0.2, 0.25) is 17.7 Å². The average molecular weight is 826 g/mol. The lowest BCUT2D eigenvalue weighted by Crippen LogP contribution is -2.54. The molecule has 0 radical (unpaired) electrons. The first-order valence-corrected chi connectivity index (χ1v) is 20.5. The summed E-state index contributed by atoms with van der Waals surface area (Å²) in [5.74, 6) is -1.47. The van der Waals surface area contributed by atoms with Gasteiger partial charge in [-0.15, -0.1) is 0 Å². The molecule has 0 spiro atoms. The number of benzene rings is 2. The van der Waals surface area contributed by atoms with E-state index >= 15 is 0 Å². The predicted octanol–water partition coefficient (Wildman–Crippen LogP) is 4.26. The van der Waals surface area contributed by atoms with Crippen LogP contribution in [-0.4, -0.2) is 114 Å². The number of anilines is 3. The van der Waals surface area contributed by atoms with Gasteiger partial charge in [-0.05, 0) is 86.1 Å². The highest BCUT2D eigenvalue weighted by Crippen LogP contribution is 2.36. The average Bonchev–Trinajstić information content (AvgIpc) is 3.49. The van der Waals surface area contributed by atoms with Gasteiger partial charge in [0.15, 0.2) is 0 Å². The zero-order valence-electron chi connectivity index (χ0n) is 33.0. The Balaban J connectivity index is 0.745. The molecule has 1 atom stereocenters. The van der Waals surface area contributed by atoms with Crippen LogP contribution >= 0.6 is 0 Å². The summed E-state index contributed by atoms with van der Waals surface area (Å²) < 4.78 is 40.4. The highest BCUT2D eigenvalue weighted by molar-refractivity contribution is 6.23. The van der Waals surface area contributed by atoms with Crippen LogP contribution in [-0.2, 0) is 27.1 Å². The van der Waals surface area contributed by atoms with Crippen LogP contribution in [0, 0.1) is 23.2 Å². The van der Waals surface area contributed by atoms with Crippen molar-refractivity contribution in [1.29, 1.82) is 5.26 Å². The van der Waals surface area contributed by atoms with Crippen molar-refractivity contribution in [3.05, 3.63) is 82.5 Å². The summed E-state index contributed by atoms with van der Waals surface area (Å²) in [7, 11) is 0. The quantitative estimate of drug-likeness (QED) is 0.297. The zero-order chi connectivity index (χ0) is 42.1. The first-order valence-electron chi connectivity index (χ1n) is 20.5. The van der Waals surface area contributed by atoms with Gasteiger partial charge in [-0.25, -0.2) is 4.98 Å². The number of fused-ring (bicyclic) bond motifs is 1. The maximum atomic E-state index is 13.5. The molecule has 4 fully saturated rings. The molecule has 1 aromatic heterocycles. The first-order chi connectivity index (χ1) is 28.8. The molecule has 314 valence electrons. The highest BCUT2D eigenvalue weighted by atomic mass is 19.4. The van der Waals surface area contributed by atoms with Crippen LogP contribution in [0.25, 0.3) is 0 Å². The van der Waals surface area contributed by atoms with Crippen molar-refractivity contribution >= 4 is 46.7 Å². The minimum Gasteiger partial charge on any atom is -0.371 e. The lowest BCUT2D eigenvalue weighted by atomic mass is 9.95. The monoisotopic (exact) mass is 825 g/mol. The number of hydrogen-bond donors (Lipinski definition) is 2. The van der Waals surface area contributed by atoms with Crippen LogP contribution in [0.5, 0.6) is 0 Å². The third-order valence-corrected chi connectivity index (χ3v) is 12.5. The van der Waals surface area contributed by atoms with Gasteiger partial charge in [0, 0.05) is 95.4 Å². The fourth-order valence-corrected chi connectivity index (χ4v) is 9.06. The fourth-order valence-electron chi connectivity index (χ4n) is 9.06. The van der Waals surface area contributed by atoms with Crippen LogP contribution in [0.3, 0.4) is 0 Å². The summed E-state index contributed by atoms with van der Waals surface area (Å²) in [6.45, 7) is 8.03. The molecule has 4 saturated heterocycles. The SMILES string of the molecule is N#Cc1ccc(N2CCC(C(=O)Nc3ccc(CN4CCN(CC5CCN(c6ccc7c(c6)C(=O)N(C6CCC(=O)NC6=O)C7=O)CC5)CC4)cn3)CC2)cc1C(F)(F)F.